The Morgan fingerprint density at radius 3 is 2.27 bits per heavy atom. The molecule has 0 aliphatic carbocycles. The molecule has 1 aliphatic heterocycles. The van der Waals surface area contributed by atoms with Crippen LogP contribution in [0.5, 0.6) is 0 Å². The van der Waals surface area contributed by atoms with E-state index < -0.39 is 28.5 Å². The first kappa shape index (κ1) is 17.1. The van der Waals surface area contributed by atoms with Crippen molar-refractivity contribution < 1.29 is 18.0 Å². The number of hydrogen-bond donors (Lipinski definition) is 0. The number of imide groups is 1. The van der Waals surface area contributed by atoms with E-state index in [2.05, 4.69) is 0 Å². The summed E-state index contributed by atoms with van der Waals surface area (Å²) < 4.78 is 24.9. The lowest BCUT2D eigenvalue weighted by atomic mass is 10.3. The molecule has 1 fully saturated rings. The normalized spacial score (nSPS) is 15.8. The van der Waals surface area contributed by atoms with Gasteiger partial charge in [-0.25, -0.2) is 22.4 Å². The number of amides is 3. The molecule has 1 heterocycles. The van der Waals surface area contributed by atoms with Crippen molar-refractivity contribution in [2.45, 2.75) is 19.8 Å². The third-order valence-corrected chi connectivity index (χ3v) is 5.33. The molecule has 120 valence electrons. The highest BCUT2D eigenvalue weighted by Gasteiger charge is 2.43. The fourth-order valence-corrected chi connectivity index (χ4v) is 4.07. The minimum Gasteiger partial charge on any atom is -0.272 e. The van der Waals surface area contributed by atoms with E-state index in [1.165, 1.54) is 18.2 Å². The van der Waals surface area contributed by atoms with Crippen molar-refractivity contribution in [3.8, 4) is 0 Å². The van der Waals surface area contributed by atoms with Crippen LogP contribution < -0.4 is 4.90 Å². The van der Waals surface area contributed by atoms with Crippen LogP contribution in [0, 0.1) is 0 Å². The molecule has 0 spiro atoms. The van der Waals surface area contributed by atoms with Gasteiger partial charge in [0.25, 0.3) is 5.91 Å². The Morgan fingerprint density at radius 1 is 1.14 bits per heavy atom. The smallest absolute Gasteiger partial charge is 0.272 e. The summed E-state index contributed by atoms with van der Waals surface area (Å²) >= 11 is 11.7. The Balaban J connectivity index is 2.33. The third-order valence-electron chi connectivity index (χ3n) is 3.13. The molecule has 0 bridgehead atoms. The van der Waals surface area contributed by atoms with Crippen LogP contribution in [0.2, 0.25) is 10.0 Å². The average molecular weight is 365 g/mol. The summed E-state index contributed by atoms with van der Waals surface area (Å²) in [6, 6.07) is 3.31. The summed E-state index contributed by atoms with van der Waals surface area (Å²) in [5.41, 5.74) is 0.153. The van der Waals surface area contributed by atoms with Gasteiger partial charge in [-0.1, -0.05) is 36.5 Å². The van der Waals surface area contributed by atoms with Crippen molar-refractivity contribution in [3.63, 3.8) is 0 Å². The van der Waals surface area contributed by atoms with Crippen LogP contribution in [0.4, 0.5) is 10.5 Å². The van der Waals surface area contributed by atoms with Gasteiger partial charge in [-0.3, -0.25) is 4.79 Å². The van der Waals surface area contributed by atoms with E-state index in [9.17, 15) is 18.0 Å². The molecule has 0 N–H and O–H groups in total. The molecule has 0 aromatic heterocycles. The van der Waals surface area contributed by atoms with E-state index in [-0.39, 0.29) is 21.5 Å². The predicted molar refractivity (Wildman–Crippen MR) is 84.7 cm³/mol. The maximum absolute atomic E-state index is 12.3. The van der Waals surface area contributed by atoms with Crippen molar-refractivity contribution in [1.29, 1.82) is 0 Å². The molecule has 0 atom stereocenters. The number of unbranched alkanes of at least 4 members (excludes halogenated alkanes) is 1. The van der Waals surface area contributed by atoms with Crippen LogP contribution in [0.3, 0.4) is 0 Å². The zero-order valence-electron chi connectivity index (χ0n) is 11.8. The zero-order chi connectivity index (χ0) is 16.5. The molecule has 6 nitrogen and oxygen atoms in total. The molecular weight excluding hydrogens is 351 g/mol. The Morgan fingerprint density at radius 2 is 1.73 bits per heavy atom. The lowest BCUT2D eigenvalue weighted by Gasteiger charge is -2.17. The number of benzene rings is 1. The molecule has 0 unspecified atom stereocenters. The van der Waals surface area contributed by atoms with Gasteiger partial charge in [0.1, 0.15) is 6.54 Å². The summed E-state index contributed by atoms with van der Waals surface area (Å²) in [5.74, 6) is -0.810. The van der Waals surface area contributed by atoms with Crippen molar-refractivity contribution >= 4 is 50.9 Å². The van der Waals surface area contributed by atoms with Crippen LogP contribution in [0.1, 0.15) is 19.8 Å². The molecule has 0 saturated carbocycles. The number of sulfonamides is 1. The molecule has 3 amide bonds. The van der Waals surface area contributed by atoms with Crippen LogP contribution in [0.15, 0.2) is 18.2 Å². The van der Waals surface area contributed by atoms with Crippen molar-refractivity contribution in [2.75, 3.05) is 17.2 Å². The summed E-state index contributed by atoms with van der Waals surface area (Å²) in [7, 11) is -3.81. The monoisotopic (exact) mass is 364 g/mol. The Hall–Kier alpha value is -1.31. The summed E-state index contributed by atoms with van der Waals surface area (Å²) in [4.78, 5) is 25.1. The SMILES string of the molecule is CCCCS(=O)(=O)N1CC(=O)N(c2cc(Cl)cc(Cl)c2)C1=O. The van der Waals surface area contributed by atoms with Crippen LogP contribution >= 0.6 is 23.2 Å². The number of carbonyl (C=O) groups excluding carboxylic acids is 2. The van der Waals surface area contributed by atoms with E-state index >= 15 is 0 Å². The number of halogens is 2. The molecule has 1 saturated heterocycles. The Kier molecular flexibility index (Phi) is 4.99. The van der Waals surface area contributed by atoms with Gasteiger partial charge in [0.05, 0.1) is 11.4 Å². The maximum atomic E-state index is 12.3. The second-order valence-electron chi connectivity index (χ2n) is 4.82. The largest absolute Gasteiger partial charge is 0.345 e. The fourth-order valence-electron chi connectivity index (χ4n) is 2.06. The van der Waals surface area contributed by atoms with Gasteiger partial charge in [0, 0.05) is 10.0 Å². The molecule has 0 radical (unpaired) electrons. The van der Waals surface area contributed by atoms with Crippen molar-refractivity contribution in [3.05, 3.63) is 28.2 Å². The minimum atomic E-state index is -3.81. The summed E-state index contributed by atoms with van der Waals surface area (Å²) in [6.45, 7) is 1.34. The van der Waals surface area contributed by atoms with Gasteiger partial charge in [-0.15, -0.1) is 0 Å². The van der Waals surface area contributed by atoms with Crippen LogP contribution in [0.25, 0.3) is 0 Å². The van der Waals surface area contributed by atoms with Gasteiger partial charge in [-0.2, -0.15) is 0 Å². The number of urea groups is 1. The quantitative estimate of drug-likeness (QED) is 0.752. The minimum absolute atomic E-state index is 0.153. The number of nitrogens with zero attached hydrogens (tertiary/aromatic N) is 2. The number of hydrogen-bond acceptors (Lipinski definition) is 4. The van der Waals surface area contributed by atoms with Crippen molar-refractivity contribution in [2.24, 2.45) is 0 Å². The van der Waals surface area contributed by atoms with E-state index in [0.29, 0.717) is 17.1 Å². The van der Waals surface area contributed by atoms with Crippen LogP contribution in [-0.4, -0.2) is 37.0 Å². The molecule has 2 rings (SSSR count). The lowest BCUT2D eigenvalue weighted by molar-refractivity contribution is -0.116. The molecular formula is C13H14Cl2N2O4S. The maximum Gasteiger partial charge on any atom is 0.345 e. The molecule has 1 aromatic rings. The lowest BCUT2D eigenvalue weighted by Crippen LogP contribution is -2.37. The van der Waals surface area contributed by atoms with E-state index in [0.717, 1.165) is 4.90 Å². The van der Waals surface area contributed by atoms with Gasteiger partial charge < -0.3 is 0 Å². The van der Waals surface area contributed by atoms with Gasteiger partial charge in [-0.05, 0) is 24.6 Å². The van der Waals surface area contributed by atoms with E-state index in [4.69, 9.17) is 23.2 Å². The molecule has 22 heavy (non-hydrogen) atoms. The van der Waals surface area contributed by atoms with E-state index in [1.807, 2.05) is 6.92 Å². The third kappa shape index (κ3) is 3.37. The first-order valence-corrected chi connectivity index (χ1v) is 8.96. The number of carbonyl (C=O) groups is 2. The summed E-state index contributed by atoms with van der Waals surface area (Å²) in [5, 5.41) is 0.491. The Labute approximate surface area is 138 Å². The predicted octanol–water partition coefficient (Wildman–Crippen LogP) is 2.89. The second-order valence-corrected chi connectivity index (χ2v) is 7.70. The average Bonchev–Trinajstić information content (AvgIpc) is 2.71. The standard InChI is InChI=1S/C13H14Cl2N2O4S/c1-2-3-4-22(20,21)16-8-12(18)17(13(16)19)11-6-9(14)5-10(15)7-11/h5-7H,2-4,8H2,1H3. The zero-order valence-corrected chi connectivity index (χ0v) is 14.1. The highest BCUT2D eigenvalue weighted by Crippen LogP contribution is 2.29. The van der Waals surface area contributed by atoms with Crippen LogP contribution in [-0.2, 0) is 14.8 Å². The van der Waals surface area contributed by atoms with Crippen molar-refractivity contribution in [1.82, 2.24) is 4.31 Å². The first-order chi connectivity index (χ1) is 10.3. The highest BCUT2D eigenvalue weighted by molar-refractivity contribution is 7.89. The second kappa shape index (κ2) is 6.44. The number of anilines is 1. The molecule has 1 aromatic carbocycles. The topological polar surface area (TPSA) is 74.8 Å². The van der Waals surface area contributed by atoms with Gasteiger partial charge >= 0.3 is 6.03 Å². The van der Waals surface area contributed by atoms with E-state index in [1.54, 1.807) is 0 Å². The fraction of sp³-hybridized carbons (Fsp3) is 0.385. The molecule has 1 aliphatic rings. The van der Waals surface area contributed by atoms with Gasteiger partial charge in [0.2, 0.25) is 10.0 Å². The first-order valence-electron chi connectivity index (χ1n) is 6.59. The van der Waals surface area contributed by atoms with Gasteiger partial charge in [0.15, 0.2) is 0 Å². The number of rotatable bonds is 5. The summed E-state index contributed by atoms with van der Waals surface area (Å²) in [6.07, 6.45) is 1.09. The highest BCUT2D eigenvalue weighted by atomic mass is 35.5. The molecule has 9 heteroatoms. The Bertz CT molecular complexity index is 701.